The van der Waals surface area contributed by atoms with Gasteiger partial charge in [0.2, 0.25) is 5.76 Å². The second kappa shape index (κ2) is 8.67. The minimum absolute atomic E-state index is 0.00194. The number of anilines is 1. The Morgan fingerprint density at radius 1 is 0.946 bits per heavy atom. The van der Waals surface area contributed by atoms with Crippen LogP contribution in [-0.4, -0.2) is 37.0 Å². The van der Waals surface area contributed by atoms with Crippen LogP contribution in [0.4, 0.5) is 10.1 Å². The maximum absolute atomic E-state index is 14.7. The van der Waals surface area contributed by atoms with E-state index in [9.17, 15) is 18.8 Å². The summed E-state index contributed by atoms with van der Waals surface area (Å²) in [4.78, 5) is 45.2. The molecule has 186 valence electrons. The lowest BCUT2D eigenvalue weighted by Gasteiger charge is -2.34. The smallest absolute Gasteiger partial charge is 0.291 e. The molecule has 0 N–H and O–H groups in total. The number of hydrogen-bond acceptors (Lipinski definition) is 5. The Bertz CT molecular complexity index is 1630. The number of carbonyl (C=O) groups excluding carboxylic acids is 2. The number of halogens is 1. The predicted octanol–water partition coefficient (Wildman–Crippen LogP) is 4.21. The number of nitrogens with zero attached hydrogens (tertiary/aromatic N) is 2. The van der Waals surface area contributed by atoms with Crippen LogP contribution >= 0.6 is 0 Å². The molecular weight excluding hydrogens is 475 g/mol. The number of carbonyl (C=O) groups is 2. The third-order valence-corrected chi connectivity index (χ3v) is 7.16. The highest BCUT2D eigenvalue weighted by atomic mass is 19.1. The fourth-order valence-corrected chi connectivity index (χ4v) is 5.56. The van der Waals surface area contributed by atoms with Crippen molar-refractivity contribution in [1.29, 1.82) is 0 Å². The van der Waals surface area contributed by atoms with Crippen LogP contribution in [0.15, 0.2) is 82.0 Å². The van der Waals surface area contributed by atoms with Gasteiger partial charge in [0.05, 0.1) is 23.2 Å². The van der Waals surface area contributed by atoms with Crippen LogP contribution in [0, 0.1) is 5.82 Å². The first-order valence-electron chi connectivity index (χ1n) is 12.0. The van der Waals surface area contributed by atoms with Crippen LogP contribution in [-0.2, 0) is 21.6 Å². The molecule has 0 radical (unpaired) electrons. The number of ether oxygens (including phenoxy) is 1. The maximum atomic E-state index is 14.7. The van der Waals surface area contributed by atoms with E-state index in [-0.39, 0.29) is 35.4 Å². The summed E-state index contributed by atoms with van der Waals surface area (Å²) < 4.78 is 25.9. The first kappa shape index (κ1) is 23.1. The molecule has 1 unspecified atom stereocenters. The first-order valence-corrected chi connectivity index (χ1v) is 12.0. The SMILES string of the molecule is COCCCN1C(=O)c2oc3ccccc3c(=O)c2C12C(=O)N(Cc1ccccc1F)c1ccccc12. The minimum Gasteiger partial charge on any atom is -0.450 e. The van der Waals surface area contributed by atoms with Crippen molar-refractivity contribution in [2.45, 2.75) is 18.5 Å². The van der Waals surface area contributed by atoms with E-state index in [1.54, 1.807) is 73.8 Å². The number of amides is 2. The minimum atomic E-state index is -1.73. The summed E-state index contributed by atoms with van der Waals surface area (Å²) >= 11 is 0. The Labute approximate surface area is 211 Å². The summed E-state index contributed by atoms with van der Waals surface area (Å²) in [6.07, 6.45) is 0.439. The summed E-state index contributed by atoms with van der Waals surface area (Å²) in [5.74, 6) is -1.62. The molecule has 1 aromatic heterocycles. The second-order valence-corrected chi connectivity index (χ2v) is 9.14. The lowest BCUT2D eigenvalue weighted by Crippen LogP contribution is -2.53. The third-order valence-electron chi connectivity index (χ3n) is 7.16. The van der Waals surface area contributed by atoms with Gasteiger partial charge in [0.15, 0.2) is 11.0 Å². The number of methoxy groups -OCH3 is 1. The summed E-state index contributed by atoms with van der Waals surface area (Å²) in [7, 11) is 1.56. The van der Waals surface area contributed by atoms with Crippen LogP contribution in [0.2, 0.25) is 0 Å². The molecule has 4 aromatic rings. The lowest BCUT2D eigenvalue weighted by molar-refractivity contribution is -0.126. The van der Waals surface area contributed by atoms with Gasteiger partial charge in [-0.2, -0.15) is 0 Å². The monoisotopic (exact) mass is 498 g/mol. The van der Waals surface area contributed by atoms with Gasteiger partial charge < -0.3 is 19.0 Å². The summed E-state index contributed by atoms with van der Waals surface area (Å²) in [6.45, 7) is 0.452. The van der Waals surface area contributed by atoms with Crippen LogP contribution in [0.3, 0.4) is 0 Å². The Kier molecular flexibility index (Phi) is 5.42. The summed E-state index contributed by atoms with van der Waals surface area (Å²) in [5, 5.41) is 0.282. The average molecular weight is 499 g/mol. The Hall–Kier alpha value is -4.30. The molecule has 0 saturated carbocycles. The number of rotatable bonds is 6. The molecule has 1 spiro atoms. The molecule has 0 aliphatic carbocycles. The van der Waals surface area contributed by atoms with Crippen molar-refractivity contribution >= 4 is 28.5 Å². The normalized spacial score (nSPS) is 18.2. The zero-order valence-corrected chi connectivity index (χ0v) is 20.1. The first-order chi connectivity index (χ1) is 18.0. The lowest BCUT2D eigenvalue weighted by atomic mass is 9.84. The third kappa shape index (κ3) is 3.18. The van der Waals surface area contributed by atoms with Gasteiger partial charge in [0.1, 0.15) is 11.4 Å². The van der Waals surface area contributed by atoms with E-state index < -0.39 is 28.6 Å². The molecule has 2 amide bonds. The molecule has 2 aliphatic rings. The molecule has 2 aliphatic heterocycles. The Morgan fingerprint density at radius 2 is 1.68 bits per heavy atom. The molecule has 37 heavy (non-hydrogen) atoms. The van der Waals surface area contributed by atoms with E-state index in [1.165, 1.54) is 15.9 Å². The van der Waals surface area contributed by atoms with E-state index in [1.807, 2.05) is 0 Å². The van der Waals surface area contributed by atoms with Crippen molar-refractivity contribution in [3.05, 3.63) is 111 Å². The van der Waals surface area contributed by atoms with Gasteiger partial charge in [0.25, 0.3) is 11.8 Å². The van der Waals surface area contributed by atoms with E-state index in [4.69, 9.17) is 9.15 Å². The topological polar surface area (TPSA) is 80.1 Å². The molecule has 3 aromatic carbocycles. The quantitative estimate of drug-likeness (QED) is 0.372. The van der Waals surface area contributed by atoms with Crippen molar-refractivity contribution in [2.24, 2.45) is 0 Å². The van der Waals surface area contributed by atoms with Crippen LogP contribution in [0.1, 0.15) is 33.7 Å². The largest absolute Gasteiger partial charge is 0.450 e. The molecule has 1 atom stereocenters. The molecule has 0 fully saturated rings. The molecule has 0 saturated heterocycles. The standard InChI is InChI=1S/C29H23FN2O5/c1-36-16-8-15-32-27(34)26-24(25(33)19-10-3-7-14-23(19)37-26)29(32)20-11-4-6-13-22(20)31(28(29)35)17-18-9-2-5-12-21(18)30/h2-7,9-14H,8,15-17H2,1H3. The summed E-state index contributed by atoms with van der Waals surface area (Å²) in [6, 6.07) is 19.9. The van der Waals surface area contributed by atoms with Gasteiger partial charge >= 0.3 is 0 Å². The van der Waals surface area contributed by atoms with Crippen LogP contribution < -0.4 is 10.3 Å². The highest BCUT2D eigenvalue weighted by molar-refractivity contribution is 6.17. The van der Waals surface area contributed by atoms with Crippen molar-refractivity contribution in [2.75, 3.05) is 25.2 Å². The van der Waals surface area contributed by atoms with Crippen LogP contribution in [0.25, 0.3) is 11.0 Å². The molecule has 3 heterocycles. The van der Waals surface area contributed by atoms with Gasteiger partial charge in [-0.1, -0.05) is 48.5 Å². The van der Waals surface area contributed by atoms with E-state index in [0.717, 1.165) is 0 Å². The molecule has 6 rings (SSSR count). The van der Waals surface area contributed by atoms with Gasteiger partial charge in [-0.15, -0.1) is 0 Å². The fraction of sp³-hybridized carbons (Fsp3) is 0.207. The van der Waals surface area contributed by atoms with Crippen molar-refractivity contribution in [1.82, 2.24) is 4.90 Å². The fourth-order valence-electron chi connectivity index (χ4n) is 5.56. The van der Waals surface area contributed by atoms with E-state index >= 15 is 0 Å². The molecule has 0 bridgehead atoms. The zero-order valence-electron chi connectivity index (χ0n) is 20.1. The number of fused-ring (bicyclic) bond motifs is 5. The number of benzene rings is 3. The van der Waals surface area contributed by atoms with Crippen LogP contribution in [0.5, 0.6) is 0 Å². The highest BCUT2D eigenvalue weighted by Crippen LogP contribution is 2.52. The second-order valence-electron chi connectivity index (χ2n) is 9.14. The molecular formula is C29H23FN2O5. The van der Waals surface area contributed by atoms with E-state index in [2.05, 4.69) is 0 Å². The molecule has 8 heteroatoms. The van der Waals surface area contributed by atoms with Crippen molar-refractivity contribution < 1.29 is 23.1 Å². The predicted molar refractivity (Wildman–Crippen MR) is 135 cm³/mol. The van der Waals surface area contributed by atoms with Crippen molar-refractivity contribution in [3.8, 4) is 0 Å². The maximum Gasteiger partial charge on any atom is 0.291 e. The van der Waals surface area contributed by atoms with Crippen molar-refractivity contribution in [3.63, 3.8) is 0 Å². The zero-order chi connectivity index (χ0) is 25.7. The van der Waals surface area contributed by atoms with Gasteiger partial charge in [-0.05, 0) is 30.7 Å². The summed E-state index contributed by atoms with van der Waals surface area (Å²) in [5.41, 5.74) is -0.562. The Balaban J connectivity index is 1.63. The van der Waals surface area contributed by atoms with Gasteiger partial charge in [-0.3, -0.25) is 14.4 Å². The highest BCUT2D eigenvalue weighted by Gasteiger charge is 2.64. The molecule has 7 nitrogen and oxygen atoms in total. The Morgan fingerprint density at radius 3 is 2.49 bits per heavy atom. The van der Waals surface area contributed by atoms with E-state index in [0.29, 0.717) is 29.8 Å². The van der Waals surface area contributed by atoms with Gasteiger partial charge in [0, 0.05) is 31.4 Å². The average Bonchev–Trinajstić information content (AvgIpc) is 3.30. The number of para-hydroxylation sites is 2. The number of hydrogen-bond donors (Lipinski definition) is 0. The van der Waals surface area contributed by atoms with Gasteiger partial charge in [-0.25, -0.2) is 4.39 Å².